The van der Waals surface area contributed by atoms with Crippen molar-refractivity contribution in [3.8, 4) is 0 Å². The Morgan fingerprint density at radius 3 is 2.73 bits per heavy atom. The van der Waals surface area contributed by atoms with Gasteiger partial charge in [0.2, 0.25) is 5.91 Å². The van der Waals surface area contributed by atoms with Crippen LogP contribution in [0, 0.1) is 23.5 Å². The van der Waals surface area contributed by atoms with E-state index in [1.165, 1.54) is 17.1 Å². The van der Waals surface area contributed by atoms with Crippen molar-refractivity contribution >= 4 is 12.1 Å². The second kappa shape index (κ2) is 6.12. The highest BCUT2D eigenvalue weighted by molar-refractivity contribution is 5.82. The van der Waals surface area contributed by atoms with Gasteiger partial charge < -0.3 is 5.32 Å². The summed E-state index contributed by atoms with van der Waals surface area (Å²) in [4.78, 5) is 12.8. The molecule has 0 aromatic heterocycles. The minimum Gasteiger partial charge on any atom is -0.316 e. The van der Waals surface area contributed by atoms with E-state index in [-0.39, 0.29) is 17.7 Å². The van der Waals surface area contributed by atoms with Gasteiger partial charge in [0, 0.05) is 24.6 Å². The molecule has 118 valence electrons. The first-order valence-electron chi connectivity index (χ1n) is 7.58. The molecule has 1 aromatic carbocycles. The third kappa shape index (κ3) is 2.88. The Morgan fingerprint density at radius 1 is 1.32 bits per heavy atom. The number of carbonyl (C=O) groups excluding carboxylic acids is 1. The molecule has 0 aliphatic carbocycles. The van der Waals surface area contributed by atoms with Crippen LogP contribution in [-0.2, 0) is 4.79 Å². The molecule has 1 N–H and O–H groups in total. The monoisotopic (exact) mass is 307 g/mol. The summed E-state index contributed by atoms with van der Waals surface area (Å²) in [6.07, 6.45) is 2.88. The van der Waals surface area contributed by atoms with Crippen LogP contribution in [0.2, 0.25) is 0 Å². The number of hydrazone groups is 1. The molecular weight excluding hydrogens is 288 g/mol. The van der Waals surface area contributed by atoms with Gasteiger partial charge in [0.1, 0.15) is 11.6 Å². The number of rotatable bonds is 2. The largest absolute Gasteiger partial charge is 0.316 e. The number of nitrogens with one attached hydrogen (secondary N) is 1. The molecule has 22 heavy (non-hydrogen) atoms. The van der Waals surface area contributed by atoms with Crippen molar-refractivity contribution < 1.29 is 13.6 Å². The Bertz CT molecular complexity index is 585. The summed E-state index contributed by atoms with van der Waals surface area (Å²) in [5, 5.41) is 8.82. The van der Waals surface area contributed by atoms with Crippen molar-refractivity contribution in [2.24, 2.45) is 16.9 Å². The molecule has 1 amide bonds. The second-order valence-corrected chi connectivity index (χ2v) is 6.01. The Balaban J connectivity index is 1.83. The Hall–Kier alpha value is -1.82. The molecule has 0 radical (unpaired) electrons. The summed E-state index contributed by atoms with van der Waals surface area (Å²) in [7, 11) is 0. The van der Waals surface area contributed by atoms with Crippen molar-refractivity contribution in [1.82, 2.24) is 10.3 Å². The average Bonchev–Trinajstić information content (AvgIpc) is 2.95. The maximum absolute atomic E-state index is 13.4. The van der Waals surface area contributed by atoms with Crippen LogP contribution in [0.15, 0.2) is 23.3 Å². The predicted molar refractivity (Wildman–Crippen MR) is 79.2 cm³/mol. The molecule has 3 rings (SSSR count). The van der Waals surface area contributed by atoms with E-state index in [0.29, 0.717) is 12.0 Å². The molecule has 2 aliphatic heterocycles. The van der Waals surface area contributed by atoms with E-state index in [0.717, 1.165) is 25.6 Å². The van der Waals surface area contributed by atoms with E-state index in [9.17, 15) is 13.6 Å². The maximum Gasteiger partial charge on any atom is 0.246 e. The van der Waals surface area contributed by atoms with Gasteiger partial charge in [-0.15, -0.1) is 0 Å². The summed E-state index contributed by atoms with van der Waals surface area (Å²) in [5.74, 6) is -1.20. The molecule has 6 heteroatoms. The third-order valence-corrected chi connectivity index (χ3v) is 4.43. The summed E-state index contributed by atoms with van der Waals surface area (Å²) in [6, 6.07) is 2.96. The smallest absolute Gasteiger partial charge is 0.246 e. The molecule has 0 saturated carbocycles. The first-order valence-corrected chi connectivity index (χ1v) is 7.58. The van der Waals surface area contributed by atoms with Gasteiger partial charge in [-0.05, 0) is 43.1 Å². The van der Waals surface area contributed by atoms with Crippen LogP contribution in [0.4, 0.5) is 8.78 Å². The molecule has 2 aliphatic rings. The first-order chi connectivity index (χ1) is 10.6. The second-order valence-electron chi connectivity index (χ2n) is 6.01. The van der Waals surface area contributed by atoms with Crippen molar-refractivity contribution in [2.75, 3.05) is 13.1 Å². The van der Waals surface area contributed by atoms with E-state index in [1.807, 2.05) is 6.92 Å². The summed E-state index contributed by atoms with van der Waals surface area (Å²) < 4.78 is 26.9. The van der Waals surface area contributed by atoms with Gasteiger partial charge in [-0.25, -0.2) is 13.8 Å². The van der Waals surface area contributed by atoms with E-state index in [4.69, 9.17) is 0 Å². The standard InChI is InChI=1S/C16H19F2N3O/c1-10-9-19-4-2-14(10)16(22)21-15(3-5-20-21)11-6-12(17)8-13(18)7-11/h5-8,10,14-15,19H,2-4,9H2,1H3/t10-,14+,15+/m0/s1. The van der Waals surface area contributed by atoms with Gasteiger partial charge in [0.05, 0.1) is 6.04 Å². The number of benzene rings is 1. The fraction of sp³-hybridized carbons (Fsp3) is 0.500. The SMILES string of the molecule is C[C@H]1CNCC[C@H]1C(=O)N1N=CC[C@@H]1c1cc(F)cc(F)c1. The number of amides is 1. The number of carbonyl (C=O) groups is 1. The minimum absolute atomic E-state index is 0.0579. The maximum atomic E-state index is 13.4. The molecule has 2 heterocycles. The topological polar surface area (TPSA) is 44.7 Å². The molecule has 4 nitrogen and oxygen atoms in total. The summed E-state index contributed by atoms with van der Waals surface area (Å²) in [6.45, 7) is 3.64. The predicted octanol–water partition coefficient (Wildman–Crippen LogP) is 2.47. The number of hydrogen-bond donors (Lipinski definition) is 1. The van der Waals surface area contributed by atoms with Crippen molar-refractivity contribution in [3.63, 3.8) is 0 Å². The van der Waals surface area contributed by atoms with Crippen molar-refractivity contribution in [2.45, 2.75) is 25.8 Å². The molecule has 0 spiro atoms. The normalized spacial score (nSPS) is 28.1. The van der Waals surface area contributed by atoms with Crippen LogP contribution in [-0.4, -0.2) is 30.2 Å². The fourth-order valence-electron chi connectivity index (χ4n) is 3.22. The fourth-order valence-corrected chi connectivity index (χ4v) is 3.22. The van der Waals surface area contributed by atoms with E-state index in [2.05, 4.69) is 10.4 Å². The zero-order chi connectivity index (χ0) is 15.7. The van der Waals surface area contributed by atoms with E-state index in [1.54, 1.807) is 6.21 Å². The summed E-state index contributed by atoms with van der Waals surface area (Å²) >= 11 is 0. The third-order valence-electron chi connectivity index (χ3n) is 4.43. The highest BCUT2D eigenvalue weighted by atomic mass is 19.1. The van der Waals surface area contributed by atoms with Gasteiger partial charge in [-0.2, -0.15) is 5.10 Å². The van der Waals surface area contributed by atoms with Crippen molar-refractivity contribution in [1.29, 1.82) is 0 Å². The van der Waals surface area contributed by atoms with Crippen LogP contribution >= 0.6 is 0 Å². The molecule has 0 unspecified atom stereocenters. The van der Waals surface area contributed by atoms with Crippen LogP contribution in [0.5, 0.6) is 0 Å². The van der Waals surface area contributed by atoms with Gasteiger partial charge >= 0.3 is 0 Å². The quantitative estimate of drug-likeness (QED) is 0.912. The van der Waals surface area contributed by atoms with Crippen molar-refractivity contribution in [3.05, 3.63) is 35.4 Å². The lowest BCUT2D eigenvalue weighted by Gasteiger charge is -2.32. The van der Waals surface area contributed by atoms with E-state index < -0.39 is 17.7 Å². The number of piperidine rings is 1. The molecule has 1 fully saturated rings. The highest BCUT2D eigenvalue weighted by Gasteiger charge is 2.36. The number of hydrogen-bond acceptors (Lipinski definition) is 3. The zero-order valence-corrected chi connectivity index (χ0v) is 12.4. The van der Waals surface area contributed by atoms with Crippen LogP contribution in [0.25, 0.3) is 0 Å². The number of nitrogens with zero attached hydrogens (tertiary/aromatic N) is 2. The molecule has 1 aromatic rings. The lowest BCUT2D eigenvalue weighted by molar-refractivity contribution is -0.139. The van der Waals surface area contributed by atoms with Gasteiger partial charge in [0.25, 0.3) is 0 Å². The molecule has 1 saturated heterocycles. The van der Waals surface area contributed by atoms with Gasteiger partial charge in [0.15, 0.2) is 0 Å². The molecule has 3 atom stereocenters. The highest BCUT2D eigenvalue weighted by Crippen LogP contribution is 2.33. The Kier molecular flexibility index (Phi) is 4.20. The molecular formula is C16H19F2N3O. The average molecular weight is 307 g/mol. The summed E-state index contributed by atoms with van der Waals surface area (Å²) in [5.41, 5.74) is 0.449. The van der Waals surface area contributed by atoms with Gasteiger partial charge in [-0.3, -0.25) is 4.79 Å². The van der Waals surface area contributed by atoms with Crippen LogP contribution < -0.4 is 5.32 Å². The Labute approximate surface area is 128 Å². The van der Waals surface area contributed by atoms with E-state index >= 15 is 0 Å². The van der Waals surface area contributed by atoms with Crippen LogP contribution in [0.3, 0.4) is 0 Å². The lowest BCUT2D eigenvalue weighted by Crippen LogP contribution is -2.43. The Morgan fingerprint density at radius 2 is 2.05 bits per heavy atom. The minimum atomic E-state index is -0.635. The molecule has 0 bridgehead atoms. The van der Waals surface area contributed by atoms with Gasteiger partial charge in [-0.1, -0.05) is 6.92 Å². The zero-order valence-electron chi connectivity index (χ0n) is 12.4. The number of halogens is 2. The van der Waals surface area contributed by atoms with Crippen LogP contribution in [0.1, 0.15) is 31.4 Å². The first kappa shape index (κ1) is 15.1. The lowest BCUT2D eigenvalue weighted by atomic mass is 9.86.